The van der Waals surface area contributed by atoms with Crippen LogP contribution in [0.5, 0.6) is 0 Å². The lowest BCUT2D eigenvalue weighted by molar-refractivity contribution is -0.138. The second kappa shape index (κ2) is 10.2. The van der Waals surface area contributed by atoms with Gasteiger partial charge in [-0.2, -0.15) is 23.0 Å². The molecule has 3 heterocycles. The molecule has 0 atom stereocenters. The zero-order valence-electron chi connectivity index (χ0n) is 19.0. The molecule has 0 fully saturated rings. The number of aromatic amines is 1. The first kappa shape index (κ1) is 25.5. The van der Waals surface area contributed by atoms with Crippen molar-refractivity contribution in [2.45, 2.75) is 58.4 Å². The number of aromatic nitrogens is 8. The number of halogens is 5. The van der Waals surface area contributed by atoms with Gasteiger partial charge in [0.2, 0.25) is 5.28 Å². The van der Waals surface area contributed by atoms with E-state index < -0.39 is 40.8 Å². The van der Waals surface area contributed by atoms with Crippen molar-refractivity contribution in [2.75, 3.05) is 0 Å². The first-order chi connectivity index (χ1) is 17.1. The lowest BCUT2D eigenvalue weighted by Gasteiger charge is -2.12. The number of H-pyrrole nitrogens is 1. The topological polar surface area (TPSA) is 116 Å². The summed E-state index contributed by atoms with van der Waals surface area (Å²) in [7, 11) is 0. The number of nitrogens with one attached hydrogen (secondary N) is 1. The summed E-state index contributed by atoms with van der Waals surface area (Å²) in [5, 5.41) is 11.5. The van der Waals surface area contributed by atoms with Crippen LogP contribution in [0.3, 0.4) is 0 Å². The van der Waals surface area contributed by atoms with Gasteiger partial charge in [0.25, 0.3) is 5.56 Å². The molecule has 0 saturated heterocycles. The highest BCUT2D eigenvalue weighted by atomic mass is 35.5. The molecule has 1 N–H and O–H groups in total. The van der Waals surface area contributed by atoms with Crippen LogP contribution in [0.25, 0.3) is 11.2 Å². The van der Waals surface area contributed by atoms with E-state index in [1.165, 1.54) is 4.57 Å². The molecular weight excluding hydrogens is 508 g/mol. The summed E-state index contributed by atoms with van der Waals surface area (Å²) < 4.78 is 56.2. The highest BCUT2D eigenvalue weighted by molar-refractivity contribution is 6.28. The summed E-state index contributed by atoms with van der Waals surface area (Å²) in [5.41, 5.74) is -2.48. The molecule has 0 saturated carbocycles. The van der Waals surface area contributed by atoms with E-state index in [2.05, 4.69) is 25.4 Å². The van der Waals surface area contributed by atoms with E-state index in [9.17, 15) is 27.2 Å². The van der Waals surface area contributed by atoms with Crippen molar-refractivity contribution in [1.29, 1.82) is 0 Å². The molecule has 0 spiro atoms. The predicted molar refractivity (Wildman–Crippen MR) is 121 cm³/mol. The molecule has 3 aromatic heterocycles. The molecule has 0 radical (unpaired) electrons. The quantitative estimate of drug-likeness (QED) is 0.263. The summed E-state index contributed by atoms with van der Waals surface area (Å²) in [5.74, 6) is -1.12. The normalized spacial score (nSPS) is 12.1. The molecule has 0 amide bonds. The smallest absolute Gasteiger partial charge is 0.323 e. The number of rotatable bonds is 9. The molecule has 10 nitrogen and oxygen atoms in total. The van der Waals surface area contributed by atoms with Gasteiger partial charge in [-0.15, -0.1) is 10.2 Å². The molecule has 0 aliphatic carbocycles. The van der Waals surface area contributed by atoms with E-state index in [4.69, 9.17) is 11.6 Å². The van der Waals surface area contributed by atoms with Gasteiger partial charge in [-0.3, -0.25) is 13.9 Å². The average Bonchev–Trinajstić information content (AvgIpc) is 3.43. The van der Waals surface area contributed by atoms with E-state index in [-0.39, 0.29) is 41.8 Å². The van der Waals surface area contributed by atoms with Gasteiger partial charge in [0.1, 0.15) is 5.82 Å². The Labute approximate surface area is 205 Å². The number of fused-ring (bicyclic) bond motifs is 1. The van der Waals surface area contributed by atoms with Crippen molar-refractivity contribution >= 4 is 22.8 Å². The Kier molecular flexibility index (Phi) is 7.24. The van der Waals surface area contributed by atoms with Crippen LogP contribution >= 0.6 is 11.6 Å². The van der Waals surface area contributed by atoms with Crippen LogP contribution in [-0.4, -0.2) is 39.3 Å². The third-order valence-corrected chi connectivity index (χ3v) is 5.74. The fourth-order valence-electron chi connectivity index (χ4n) is 3.83. The lowest BCUT2D eigenvalue weighted by atomic mass is 10.0. The molecular formula is C21H21ClF4N8O2. The van der Waals surface area contributed by atoms with E-state index in [1.807, 2.05) is 6.92 Å². The number of benzene rings is 1. The molecule has 0 aliphatic rings. The Morgan fingerprint density at radius 2 is 1.83 bits per heavy atom. The number of alkyl halides is 3. The van der Waals surface area contributed by atoms with Crippen molar-refractivity contribution in [3.8, 4) is 0 Å². The van der Waals surface area contributed by atoms with Gasteiger partial charge in [-0.1, -0.05) is 19.4 Å². The molecule has 36 heavy (non-hydrogen) atoms. The second-order valence-electron chi connectivity index (χ2n) is 8.07. The standard InChI is InChI=1S/C21H21ClF4N8O2/c1-2-3-8-32-17-16(27-19(22)28-17)18(35)33(20(32)36)9-5-10-34-30-15(29-31-34)11-12-13(21(24,25)26)6-4-7-14(12)23/h4,6-7H,2-3,5,8-11H2,1H3,(H,27,28). The summed E-state index contributed by atoms with van der Waals surface area (Å²) in [6.45, 7) is 2.44. The van der Waals surface area contributed by atoms with Crippen molar-refractivity contribution in [3.63, 3.8) is 0 Å². The van der Waals surface area contributed by atoms with Crippen molar-refractivity contribution in [1.82, 2.24) is 39.3 Å². The van der Waals surface area contributed by atoms with Gasteiger partial charge in [-0.25, -0.2) is 9.18 Å². The monoisotopic (exact) mass is 528 g/mol. The van der Waals surface area contributed by atoms with Crippen molar-refractivity contribution < 1.29 is 17.6 Å². The average molecular weight is 529 g/mol. The van der Waals surface area contributed by atoms with Crippen LogP contribution in [0.15, 0.2) is 27.8 Å². The third-order valence-electron chi connectivity index (χ3n) is 5.56. The summed E-state index contributed by atoms with van der Waals surface area (Å²) in [6, 6.07) is 2.71. The molecule has 4 aromatic rings. The minimum atomic E-state index is -4.73. The first-order valence-corrected chi connectivity index (χ1v) is 11.5. The van der Waals surface area contributed by atoms with Gasteiger partial charge < -0.3 is 4.98 Å². The van der Waals surface area contributed by atoms with E-state index in [1.54, 1.807) is 0 Å². The molecule has 1 aromatic carbocycles. The number of unbranched alkanes of at least 4 members (excludes halogenated alkanes) is 1. The highest BCUT2D eigenvalue weighted by Crippen LogP contribution is 2.33. The minimum absolute atomic E-state index is 0.00706. The second-order valence-corrected chi connectivity index (χ2v) is 8.42. The molecule has 0 aliphatic heterocycles. The maximum absolute atomic E-state index is 14.1. The fraction of sp³-hybridized carbons (Fsp3) is 0.429. The van der Waals surface area contributed by atoms with Crippen LogP contribution in [0.4, 0.5) is 17.6 Å². The van der Waals surface area contributed by atoms with Gasteiger partial charge in [0.05, 0.1) is 12.1 Å². The number of hydrogen-bond donors (Lipinski definition) is 1. The highest BCUT2D eigenvalue weighted by Gasteiger charge is 2.34. The maximum Gasteiger partial charge on any atom is 0.416 e. The third kappa shape index (κ3) is 5.17. The van der Waals surface area contributed by atoms with Crippen LogP contribution in [0.1, 0.15) is 43.1 Å². The molecule has 192 valence electrons. The number of tetrazole rings is 1. The number of nitrogens with zero attached hydrogens (tertiary/aromatic N) is 7. The minimum Gasteiger partial charge on any atom is -0.323 e. The first-order valence-electron chi connectivity index (χ1n) is 11.1. The lowest BCUT2D eigenvalue weighted by Crippen LogP contribution is -2.40. The predicted octanol–water partition coefficient (Wildman–Crippen LogP) is 3.17. The zero-order valence-corrected chi connectivity index (χ0v) is 19.8. The number of aryl methyl sites for hydroxylation is 2. The summed E-state index contributed by atoms with van der Waals surface area (Å²) >= 11 is 5.91. The van der Waals surface area contributed by atoms with Crippen LogP contribution < -0.4 is 11.2 Å². The molecule has 4 rings (SSSR count). The van der Waals surface area contributed by atoms with Gasteiger partial charge in [0.15, 0.2) is 17.0 Å². The Morgan fingerprint density at radius 1 is 1.08 bits per heavy atom. The van der Waals surface area contributed by atoms with E-state index in [0.29, 0.717) is 13.0 Å². The zero-order chi connectivity index (χ0) is 26.0. The van der Waals surface area contributed by atoms with Crippen LogP contribution in [0, 0.1) is 5.82 Å². The SMILES string of the molecule is CCCCn1c(=O)n(CCCn2nnc(Cc3c(F)cccc3C(F)(F)F)n2)c(=O)c2[nH]c(Cl)nc21. The molecule has 0 unspecified atom stereocenters. The summed E-state index contributed by atoms with van der Waals surface area (Å²) in [6.07, 6.45) is -3.48. The van der Waals surface area contributed by atoms with Gasteiger partial charge in [0, 0.05) is 25.1 Å². The Balaban J connectivity index is 1.50. The Bertz CT molecular complexity index is 1500. The summed E-state index contributed by atoms with van der Waals surface area (Å²) in [4.78, 5) is 33.6. The number of imidazole rings is 1. The van der Waals surface area contributed by atoms with E-state index >= 15 is 0 Å². The largest absolute Gasteiger partial charge is 0.416 e. The van der Waals surface area contributed by atoms with Crippen LogP contribution in [-0.2, 0) is 32.2 Å². The fourth-order valence-corrected chi connectivity index (χ4v) is 4.00. The Hall–Kier alpha value is -3.55. The maximum atomic E-state index is 14.1. The van der Waals surface area contributed by atoms with E-state index in [0.717, 1.165) is 34.0 Å². The number of hydrogen-bond acceptors (Lipinski definition) is 6. The Morgan fingerprint density at radius 3 is 2.56 bits per heavy atom. The van der Waals surface area contributed by atoms with Gasteiger partial charge >= 0.3 is 11.9 Å². The molecule has 15 heteroatoms. The van der Waals surface area contributed by atoms with Crippen molar-refractivity contribution in [2.24, 2.45) is 0 Å². The van der Waals surface area contributed by atoms with Crippen LogP contribution in [0.2, 0.25) is 5.28 Å². The van der Waals surface area contributed by atoms with Crippen molar-refractivity contribution in [3.05, 3.63) is 67.1 Å². The molecule has 0 bridgehead atoms. The van der Waals surface area contributed by atoms with Gasteiger partial charge in [-0.05, 0) is 41.8 Å².